The van der Waals surface area contributed by atoms with Crippen LogP contribution in [0.3, 0.4) is 0 Å². The van der Waals surface area contributed by atoms with Crippen LogP contribution in [0.25, 0.3) is 21.7 Å². The summed E-state index contributed by atoms with van der Waals surface area (Å²) in [4.78, 5) is 29.1. The molecule has 0 saturated heterocycles. The van der Waals surface area contributed by atoms with Crippen LogP contribution >= 0.6 is 11.3 Å². The van der Waals surface area contributed by atoms with E-state index >= 15 is 0 Å². The molecule has 0 amide bonds. The molecule has 0 aliphatic rings. The zero-order valence-electron chi connectivity index (χ0n) is 15.8. The normalized spacial score (nSPS) is 12.0. The predicted octanol–water partition coefficient (Wildman–Crippen LogP) is 4.69. The molecule has 4 aromatic rings. The molecule has 2 heterocycles. The quantitative estimate of drug-likeness (QED) is 0.448. The molecule has 0 aliphatic heterocycles. The van der Waals surface area contributed by atoms with Gasteiger partial charge >= 0.3 is 5.97 Å². The second-order valence-electron chi connectivity index (χ2n) is 6.65. The third kappa shape index (κ3) is 3.39. The number of rotatable bonds is 5. The summed E-state index contributed by atoms with van der Waals surface area (Å²) in [6.07, 6.45) is 0. The molecule has 0 spiro atoms. The molecule has 6 nitrogen and oxygen atoms in total. The van der Waals surface area contributed by atoms with Crippen LogP contribution in [0.5, 0.6) is 0 Å². The van der Waals surface area contributed by atoms with Gasteiger partial charge in [0.25, 0.3) is 0 Å². The molecule has 1 atom stereocenters. The maximum Gasteiger partial charge on any atom is 0.374 e. The summed E-state index contributed by atoms with van der Waals surface area (Å²) in [5, 5.41) is 14.2. The number of furan rings is 1. The smallest absolute Gasteiger partial charge is 0.374 e. The fourth-order valence-electron chi connectivity index (χ4n) is 3.20. The van der Waals surface area contributed by atoms with Gasteiger partial charge in [0.1, 0.15) is 10.6 Å². The molecular formula is C22H16N2O4S. The van der Waals surface area contributed by atoms with Gasteiger partial charge in [-0.2, -0.15) is 5.26 Å². The molecule has 2 aromatic heterocycles. The average Bonchev–Trinajstić information content (AvgIpc) is 3.30. The Kier molecular flexibility index (Phi) is 4.87. The van der Waals surface area contributed by atoms with E-state index in [9.17, 15) is 14.9 Å². The number of hydrogen-bond acceptors (Lipinski definition) is 7. The van der Waals surface area contributed by atoms with Crippen LogP contribution in [-0.4, -0.2) is 23.3 Å². The highest BCUT2D eigenvalue weighted by Gasteiger charge is 2.26. The first-order valence-electron chi connectivity index (χ1n) is 8.92. The number of nitriles is 1. The first-order valence-corrected chi connectivity index (χ1v) is 9.80. The molecule has 4 rings (SSSR count). The van der Waals surface area contributed by atoms with E-state index in [2.05, 4.69) is 4.98 Å². The molecule has 0 bridgehead atoms. The van der Waals surface area contributed by atoms with Crippen LogP contribution in [0.4, 0.5) is 0 Å². The molecule has 0 N–H and O–H groups in total. The molecular weight excluding hydrogens is 388 g/mol. The highest BCUT2D eigenvalue weighted by molar-refractivity contribution is 7.09. The van der Waals surface area contributed by atoms with Crippen molar-refractivity contribution in [3.63, 3.8) is 0 Å². The topological polar surface area (TPSA) is 93.2 Å². The minimum atomic E-state index is -1.05. The minimum Gasteiger partial charge on any atom is -0.452 e. The van der Waals surface area contributed by atoms with Crippen molar-refractivity contribution in [2.24, 2.45) is 0 Å². The molecule has 7 heteroatoms. The van der Waals surface area contributed by atoms with Crippen LogP contribution in [0.15, 0.2) is 46.2 Å². The number of hydrogen-bond donors (Lipinski definition) is 0. The van der Waals surface area contributed by atoms with Crippen LogP contribution in [0.2, 0.25) is 0 Å². The average molecular weight is 404 g/mol. The van der Waals surface area contributed by atoms with Crippen LogP contribution in [0, 0.1) is 25.2 Å². The van der Waals surface area contributed by atoms with Gasteiger partial charge in [-0.1, -0.05) is 36.4 Å². The van der Waals surface area contributed by atoms with Gasteiger partial charge < -0.3 is 9.15 Å². The number of esters is 1. The highest BCUT2D eigenvalue weighted by Crippen LogP contribution is 2.32. The molecule has 144 valence electrons. The third-order valence-corrected chi connectivity index (χ3v) is 5.72. The molecule has 0 radical (unpaired) electrons. The largest absolute Gasteiger partial charge is 0.452 e. The number of Topliss-reactive ketones (excluding diaryl/α,β-unsaturated/α-hetero) is 1. The monoisotopic (exact) mass is 404 g/mol. The Labute approximate surface area is 170 Å². The highest BCUT2D eigenvalue weighted by atomic mass is 32.1. The number of carbonyl (C=O) groups is 2. The number of carbonyl (C=O) groups excluding carboxylic acids is 2. The maximum atomic E-state index is 12.6. The van der Waals surface area contributed by atoms with Gasteiger partial charge in [0.15, 0.2) is 18.3 Å². The number of aryl methyl sites for hydroxylation is 2. The number of nitrogens with zero attached hydrogens (tertiary/aromatic N) is 2. The molecule has 0 unspecified atom stereocenters. The fourth-order valence-corrected chi connectivity index (χ4v) is 4.06. The number of benzene rings is 2. The van der Waals surface area contributed by atoms with Crippen LogP contribution in [-0.2, 0) is 9.53 Å². The second kappa shape index (κ2) is 7.49. The zero-order valence-corrected chi connectivity index (χ0v) is 16.6. The van der Waals surface area contributed by atoms with Crippen molar-refractivity contribution in [1.82, 2.24) is 4.98 Å². The molecule has 0 fully saturated rings. The van der Waals surface area contributed by atoms with E-state index in [0.717, 1.165) is 21.9 Å². The van der Waals surface area contributed by atoms with Crippen LogP contribution in [0.1, 0.15) is 32.7 Å². The summed E-state index contributed by atoms with van der Waals surface area (Å²) in [7, 11) is 0. The van der Waals surface area contributed by atoms with Crippen molar-refractivity contribution in [2.45, 2.75) is 19.8 Å². The van der Waals surface area contributed by atoms with Crippen molar-refractivity contribution in [1.29, 1.82) is 5.26 Å². The van der Waals surface area contributed by atoms with E-state index in [1.54, 1.807) is 19.2 Å². The SMILES string of the molecule is Cc1csc([C@H](C#N)C(=O)COC(=O)c2oc3c(ccc4ccccc43)c2C)n1. The van der Waals surface area contributed by atoms with Gasteiger partial charge in [0, 0.05) is 27.4 Å². The van der Waals surface area contributed by atoms with E-state index in [1.807, 2.05) is 42.5 Å². The number of ketones is 1. The predicted molar refractivity (Wildman–Crippen MR) is 109 cm³/mol. The first kappa shape index (κ1) is 18.8. The van der Waals surface area contributed by atoms with Crippen molar-refractivity contribution in [3.8, 4) is 6.07 Å². The van der Waals surface area contributed by atoms with E-state index in [0.29, 0.717) is 16.2 Å². The number of aromatic nitrogens is 1. The molecule has 0 aliphatic carbocycles. The van der Waals surface area contributed by atoms with Crippen molar-refractivity contribution < 1.29 is 18.7 Å². The summed E-state index contributed by atoms with van der Waals surface area (Å²) >= 11 is 1.23. The van der Waals surface area contributed by atoms with Crippen molar-refractivity contribution >= 4 is 44.8 Å². The van der Waals surface area contributed by atoms with E-state index in [4.69, 9.17) is 9.15 Å². The van der Waals surface area contributed by atoms with Gasteiger partial charge in [0.05, 0.1) is 6.07 Å². The molecule has 0 saturated carbocycles. The van der Waals surface area contributed by atoms with Gasteiger partial charge in [-0.25, -0.2) is 9.78 Å². The van der Waals surface area contributed by atoms with Gasteiger partial charge in [-0.05, 0) is 19.2 Å². The lowest BCUT2D eigenvalue weighted by atomic mass is 10.1. The summed E-state index contributed by atoms with van der Waals surface area (Å²) in [5.74, 6) is -2.25. The molecule has 2 aromatic carbocycles. The summed E-state index contributed by atoms with van der Waals surface area (Å²) in [6.45, 7) is 3.04. The Morgan fingerprint density at radius 2 is 2.00 bits per heavy atom. The van der Waals surface area contributed by atoms with Crippen molar-refractivity contribution in [3.05, 3.63) is 63.8 Å². The third-order valence-electron chi connectivity index (χ3n) is 4.69. The first-order chi connectivity index (χ1) is 14.0. The number of thiazole rings is 1. The Morgan fingerprint density at radius 1 is 1.21 bits per heavy atom. The Hall–Kier alpha value is -3.50. The van der Waals surface area contributed by atoms with Crippen molar-refractivity contribution in [2.75, 3.05) is 6.61 Å². The second-order valence-corrected chi connectivity index (χ2v) is 7.54. The van der Waals surface area contributed by atoms with E-state index in [-0.39, 0.29) is 5.76 Å². The zero-order chi connectivity index (χ0) is 20.5. The number of ether oxygens (including phenoxy) is 1. The van der Waals surface area contributed by atoms with Gasteiger partial charge in [0.2, 0.25) is 5.76 Å². The fraction of sp³-hybridized carbons (Fsp3) is 0.182. The summed E-state index contributed by atoms with van der Waals surface area (Å²) in [6, 6.07) is 13.5. The lowest BCUT2D eigenvalue weighted by Gasteiger charge is -2.06. The van der Waals surface area contributed by atoms with Gasteiger partial charge in [-0.15, -0.1) is 11.3 Å². The Bertz CT molecular complexity index is 1300. The summed E-state index contributed by atoms with van der Waals surface area (Å²) in [5.41, 5.74) is 1.99. The number of fused-ring (bicyclic) bond motifs is 3. The van der Waals surface area contributed by atoms with Gasteiger partial charge in [-0.3, -0.25) is 4.79 Å². The van der Waals surface area contributed by atoms with E-state index < -0.39 is 24.3 Å². The Balaban J connectivity index is 1.56. The lowest BCUT2D eigenvalue weighted by molar-refractivity contribution is -0.122. The standard InChI is InChI=1S/C22H16N2O4S/c1-12-11-29-21(24-12)17(9-23)18(25)10-27-22(26)19-13(2)15-8-7-14-5-3-4-6-16(14)20(15)28-19/h3-8,11,17H,10H2,1-2H3/t17-/m1/s1. The molecule has 29 heavy (non-hydrogen) atoms. The summed E-state index contributed by atoms with van der Waals surface area (Å²) < 4.78 is 11.0. The minimum absolute atomic E-state index is 0.0581. The lowest BCUT2D eigenvalue weighted by Crippen LogP contribution is -2.20. The van der Waals surface area contributed by atoms with E-state index in [1.165, 1.54) is 11.3 Å². The van der Waals surface area contributed by atoms with Crippen LogP contribution < -0.4 is 0 Å². The Morgan fingerprint density at radius 3 is 2.72 bits per heavy atom. The maximum absolute atomic E-state index is 12.6.